The number of hydrogen-bond acceptors (Lipinski definition) is 3. The Morgan fingerprint density at radius 1 is 1.06 bits per heavy atom. The Labute approximate surface area is 180 Å². The van der Waals surface area contributed by atoms with Crippen LogP contribution in [-0.4, -0.2) is 26.9 Å². The normalized spacial score (nSPS) is 31.0. The fourth-order valence-corrected chi connectivity index (χ4v) is 6.20. The second kappa shape index (κ2) is 7.24. The maximum absolute atomic E-state index is 13.8. The van der Waals surface area contributed by atoms with Gasteiger partial charge in [-0.3, -0.25) is 9.48 Å². The van der Waals surface area contributed by atoms with E-state index in [-0.39, 0.29) is 11.8 Å². The predicted molar refractivity (Wildman–Crippen MR) is 111 cm³/mol. The molecular weight excluding hydrogens is 398 g/mol. The quantitative estimate of drug-likeness (QED) is 0.736. The van der Waals surface area contributed by atoms with Gasteiger partial charge in [-0.25, -0.2) is 13.8 Å². The summed E-state index contributed by atoms with van der Waals surface area (Å²) in [6.45, 7) is 0.871. The summed E-state index contributed by atoms with van der Waals surface area (Å²) in [6, 6.07) is 3.05. The molecule has 0 saturated heterocycles. The van der Waals surface area contributed by atoms with E-state index in [1.807, 2.05) is 0 Å². The number of fused-ring (bicyclic) bond motifs is 3. The lowest BCUT2D eigenvalue weighted by molar-refractivity contribution is -0.147. The predicted octanol–water partition coefficient (Wildman–Crippen LogP) is 4.27. The average molecular weight is 424 g/mol. The third-order valence-corrected chi connectivity index (χ3v) is 7.85. The minimum atomic E-state index is -0.625. The molecule has 7 heteroatoms. The van der Waals surface area contributed by atoms with Crippen LogP contribution in [0, 0.1) is 35.3 Å². The second-order valence-corrected chi connectivity index (χ2v) is 9.71. The highest BCUT2D eigenvalue weighted by Gasteiger charge is 2.50. The van der Waals surface area contributed by atoms with Crippen molar-refractivity contribution in [3.63, 3.8) is 0 Å². The van der Waals surface area contributed by atoms with Crippen LogP contribution in [0.15, 0.2) is 29.5 Å². The van der Waals surface area contributed by atoms with Gasteiger partial charge < -0.3 is 0 Å². The molecule has 1 amide bonds. The van der Waals surface area contributed by atoms with Crippen molar-refractivity contribution < 1.29 is 13.6 Å². The van der Waals surface area contributed by atoms with E-state index in [0.717, 1.165) is 44.7 Å². The lowest BCUT2D eigenvalue weighted by atomic mass is 9.55. The van der Waals surface area contributed by atoms with E-state index in [4.69, 9.17) is 5.10 Å². The van der Waals surface area contributed by atoms with E-state index in [0.29, 0.717) is 29.7 Å². The molecule has 2 unspecified atom stereocenters. The standard InChI is InChI=1S/C24H26F2N4O/c25-19-8-17(9-20(26)11-19)23-4-5-27-30(23)24(31)21-10-18(15-6-16(21)7-15)13-29-12-14-2-1-3-22(14)28-29/h5,8-9,11-12,15-16,18,21,23H,1-4,6-7,10,13H2/t15?,16?,18-,21?,23?/m0/s1. The summed E-state index contributed by atoms with van der Waals surface area (Å²) >= 11 is 0. The van der Waals surface area contributed by atoms with Crippen LogP contribution in [0.5, 0.6) is 0 Å². The number of amides is 1. The molecule has 0 N–H and O–H groups in total. The average Bonchev–Trinajstić information content (AvgIpc) is 3.41. The van der Waals surface area contributed by atoms with Gasteiger partial charge in [0.05, 0.1) is 11.7 Å². The monoisotopic (exact) mass is 424 g/mol. The zero-order valence-electron chi connectivity index (χ0n) is 17.4. The van der Waals surface area contributed by atoms with Crippen LogP contribution in [0.3, 0.4) is 0 Å². The van der Waals surface area contributed by atoms with Gasteiger partial charge in [-0.05, 0) is 79.5 Å². The Kier molecular flexibility index (Phi) is 4.47. The van der Waals surface area contributed by atoms with Gasteiger partial charge in [-0.1, -0.05) is 0 Å². The SMILES string of the molecule is O=C(C1C[C@@H](Cn2cc3c(n2)CCC3)C2CC1C2)N1N=CCC1c1cc(F)cc(F)c1. The smallest absolute Gasteiger partial charge is 0.246 e. The summed E-state index contributed by atoms with van der Waals surface area (Å²) in [5.41, 5.74) is 3.09. The molecule has 2 aromatic rings. The lowest BCUT2D eigenvalue weighted by Gasteiger charge is -2.51. The maximum Gasteiger partial charge on any atom is 0.246 e. The first-order valence-electron chi connectivity index (χ1n) is 11.4. The largest absolute Gasteiger partial charge is 0.273 e. The van der Waals surface area contributed by atoms with Crippen LogP contribution in [0.4, 0.5) is 8.78 Å². The molecule has 5 aliphatic rings. The Balaban J connectivity index is 1.19. The van der Waals surface area contributed by atoms with E-state index in [1.54, 1.807) is 6.21 Å². The molecule has 2 bridgehead atoms. The fraction of sp³-hybridized carbons (Fsp3) is 0.542. The number of hydrogen-bond donors (Lipinski definition) is 0. The van der Waals surface area contributed by atoms with Gasteiger partial charge in [0.1, 0.15) is 11.6 Å². The van der Waals surface area contributed by atoms with E-state index in [9.17, 15) is 13.6 Å². The third kappa shape index (κ3) is 3.29. The van der Waals surface area contributed by atoms with Gasteiger partial charge in [0.25, 0.3) is 0 Å². The van der Waals surface area contributed by atoms with Gasteiger partial charge in [-0.2, -0.15) is 10.2 Å². The summed E-state index contributed by atoms with van der Waals surface area (Å²) in [6.07, 6.45) is 10.8. The number of rotatable bonds is 4. The minimum absolute atomic E-state index is 0.000436. The number of halogens is 2. The Bertz CT molecular complexity index is 1020. The molecule has 2 heterocycles. The summed E-state index contributed by atoms with van der Waals surface area (Å²) < 4.78 is 29.6. The van der Waals surface area contributed by atoms with Gasteiger partial charge >= 0.3 is 0 Å². The number of benzene rings is 1. The Morgan fingerprint density at radius 3 is 2.65 bits per heavy atom. The van der Waals surface area contributed by atoms with Gasteiger partial charge in [0.2, 0.25) is 5.91 Å². The number of carbonyl (C=O) groups is 1. The van der Waals surface area contributed by atoms with Crippen molar-refractivity contribution in [2.75, 3.05) is 0 Å². The topological polar surface area (TPSA) is 50.5 Å². The molecule has 3 atom stereocenters. The van der Waals surface area contributed by atoms with Crippen molar-refractivity contribution in [1.82, 2.24) is 14.8 Å². The summed E-state index contributed by atoms with van der Waals surface area (Å²) in [7, 11) is 0. The van der Waals surface area contributed by atoms with Gasteiger partial charge in [-0.15, -0.1) is 0 Å². The van der Waals surface area contributed by atoms with E-state index >= 15 is 0 Å². The van der Waals surface area contributed by atoms with Crippen molar-refractivity contribution in [3.05, 3.63) is 52.9 Å². The highest BCUT2D eigenvalue weighted by molar-refractivity contribution is 5.82. The van der Waals surface area contributed by atoms with E-state index in [2.05, 4.69) is 16.0 Å². The molecule has 7 rings (SSSR count). The molecule has 3 fully saturated rings. The molecule has 0 radical (unpaired) electrons. The maximum atomic E-state index is 13.8. The number of carbonyl (C=O) groups excluding carboxylic acids is 1. The lowest BCUT2D eigenvalue weighted by Crippen LogP contribution is -2.49. The molecule has 0 spiro atoms. The van der Waals surface area contributed by atoms with Gasteiger partial charge in [0.15, 0.2) is 0 Å². The summed E-state index contributed by atoms with van der Waals surface area (Å²) in [5.74, 6) is 0.184. The first kappa shape index (κ1) is 19.1. The molecule has 4 aliphatic carbocycles. The zero-order chi connectivity index (χ0) is 21.1. The van der Waals surface area contributed by atoms with E-state index < -0.39 is 17.7 Å². The van der Waals surface area contributed by atoms with Crippen molar-refractivity contribution in [1.29, 1.82) is 0 Å². The van der Waals surface area contributed by atoms with Crippen LogP contribution >= 0.6 is 0 Å². The number of aryl methyl sites for hydroxylation is 2. The highest BCUT2D eigenvalue weighted by atomic mass is 19.1. The number of hydrazone groups is 1. The molecule has 5 nitrogen and oxygen atoms in total. The number of nitrogens with zero attached hydrogens (tertiary/aromatic N) is 4. The third-order valence-electron chi connectivity index (χ3n) is 7.85. The minimum Gasteiger partial charge on any atom is -0.273 e. The molecule has 1 aromatic carbocycles. The van der Waals surface area contributed by atoms with Crippen LogP contribution in [0.1, 0.15) is 55.0 Å². The Morgan fingerprint density at radius 2 is 1.87 bits per heavy atom. The van der Waals surface area contributed by atoms with E-state index in [1.165, 1.54) is 34.8 Å². The van der Waals surface area contributed by atoms with Gasteiger partial charge in [0, 0.05) is 37.4 Å². The fourth-order valence-electron chi connectivity index (χ4n) is 6.20. The Hall–Kier alpha value is -2.57. The highest BCUT2D eigenvalue weighted by Crippen LogP contribution is 2.53. The van der Waals surface area contributed by atoms with Crippen LogP contribution in [-0.2, 0) is 24.2 Å². The van der Waals surface area contributed by atoms with Crippen LogP contribution in [0.2, 0.25) is 0 Å². The first-order valence-corrected chi connectivity index (χ1v) is 11.4. The molecule has 1 aromatic heterocycles. The second-order valence-electron chi connectivity index (χ2n) is 9.71. The first-order chi connectivity index (χ1) is 15.0. The van der Waals surface area contributed by atoms with Crippen molar-refractivity contribution in [2.45, 2.75) is 57.5 Å². The zero-order valence-corrected chi connectivity index (χ0v) is 17.4. The molecule has 31 heavy (non-hydrogen) atoms. The number of aromatic nitrogens is 2. The van der Waals surface area contributed by atoms with Crippen LogP contribution in [0.25, 0.3) is 0 Å². The van der Waals surface area contributed by atoms with Crippen molar-refractivity contribution in [2.24, 2.45) is 28.8 Å². The molecule has 1 aliphatic heterocycles. The molecule has 162 valence electrons. The van der Waals surface area contributed by atoms with Crippen molar-refractivity contribution in [3.8, 4) is 0 Å². The molecular formula is C24H26F2N4O. The summed E-state index contributed by atoms with van der Waals surface area (Å²) in [5, 5.41) is 10.6. The van der Waals surface area contributed by atoms with Crippen LogP contribution < -0.4 is 0 Å². The van der Waals surface area contributed by atoms with Crippen molar-refractivity contribution >= 4 is 12.1 Å². The summed E-state index contributed by atoms with van der Waals surface area (Å²) in [4.78, 5) is 13.5. The molecule has 3 saturated carbocycles.